The highest BCUT2D eigenvalue weighted by Gasteiger charge is 2.37. The average Bonchev–Trinajstić information content (AvgIpc) is 2.68. The number of rotatable bonds is 4. The van der Waals surface area contributed by atoms with Crippen molar-refractivity contribution < 1.29 is 9.84 Å². The summed E-state index contributed by atoms with van der Waals surface area (Å²) in [4.78, 5) is 4.88. The second-order valence-corrected chi connectivity index (χ2v) is 7.24. The monoisotopic (exact) mass is 270 g/mol. The summed E-state index contributed by atoms with van der Waals surface area (Å²) in [5.74, 6) is 0.840. The summed E-state index contributed by atoms with van der Waals surface area (Å²) in [6, 6.07) is 0.642. The molecule has 0 radical (unpaired) electrons. The van der Waals surface area contributed by atoms with Crippen LogP contribution in [-0.2, 0) is 4.74 Å². The van der Waals surface area contributed by atoms with Gasteiger partial charge in [-0.2, -0.15) is 0 Å². The number of ether oxygens (including phenoxy) is 1. The minimum absolute atomic E-state index is 0.167. The van der Waals surface area contributed by atoms with Crippen molar-refractivity contribution in [1.82, 2.24) is 9.80 Å². The maximum absolute atomic E-state index is 10.1. The molecule has 2 fully saturated rings. The largest absolute Gasteiger partial charge is 0.389 e. The van der Waals surface area contributed by atoms with E-state index in [9.17, 15) is 5.11 Å². The minimum atomic E-state index is -0.370. The third-order valence-electron chi connectivity index (χ3n) is 4.33. The Morgan fingerprint density at radius 1 is 1.26 bits per heavy atom. The van der Waals surface area contributed by atoms with E-state index >= 15 is 0 Å². The van der Waals surface area contributed by atoms with Crippen molar-refractivity contribution in [2.45, 2.75) is 51.4 Å². The van der Waals surface area contributed by atoms with Crippen LogP contribution in [0.3, 0.4) is 0 Å². The molecule has 2 aliphatic heterocycles. The van der Waals surface area contributed by atoms with Crippen LogP contribution in [0.4, 0.5) is 0 Å². The molecule has 0 amide bonds. The fraction of sp³-hybridized carbons (Fsp3) is 1.00. The zero-order valence-corrected chi connectivity index (χ0v) is 12.9. The van der Waals surface area contributed by atoms with Gasteiger partial charge in [-0.25, -0.2) is 0 Å². The van der Waals surface area contributed by atoms with Crippen LogP contribution in [0, 0.1) is 5.92 Å². The highest BCUT2D eigenvalue weighted by atomic mass is 16.5. The van der Waals surface area contributed by atoms with E-state index in [2.05, 4.69) is 16.8 Å². The number of nitrogens with zero attached hydrogens (tertiary/aromatic N) is 2. The molecule has 0 unspecified atom stereocenters. The number of likely N-dealkylation sites (tertiary alicyclic amines) is 2. The summed E-state index contributed by atoms with van der Waals surface area (Å²) in [7, 11) is 2.20. The molecule has 0 aromatic heterocycles. The number of piperidine rings is 1. The van der Waals surface area contributed by atoms with Gasteiger partial charge in [-0.15, -0.1) is 0 Å². The topological polar surface area (TPSA) is 35.9 Å². The van der Waals surface area contributed by atoms with Gasteiger partial charge in [0.25, 0.3) is 0 Å². The Hall–Kier alpha value is -0.160. The zero-order valence-electron chi connectivity index (χ0n) is 12.9. The van der Waals surface area contributed by atoms with Crippen LogP contribution in [0.25, 0.3) is 0 Å². The molecule has 2 saturated heterocycles. The molecular formula is C15H30N2O2. The standard InChI is InChI=1S/C15H30N2O2/c1-15(2,3)19-11-13(18)9-17-8-6-12-5-7-16(4)10-14(12)17/h12-14,18H,5-11H2,1-4H3/t12-,13+,14-/m1/s1. The Bertz CT molecular complexity index is 290. The van der Waals surface area contributed by atoms with Gasteiger partial charge in [-0.3, -0.25) is 4.90 Å². The van der Waals surface area contributed by atoms with E-state index < -0.39 is 0 Å². The van der Waals surface area contributed by atoms with E-state index in [0.717, 1.165) is 25.6 Å². The summed E-state index contributed by atoms with van der Waals surface area (Å²) in [6.07, 6.45) is 2.24. The molecule has 4 heteroatoms. The molecule has 2 rings (SSSR count). The van der Waals surface area contributed by atoms with Crippen molar-refractivity contribution in [2.24, 2.45) is 5.92 Å². The maximum Gasteiger partial charge on any atom is 0.0900 e. The second kappa shape index (κ2) is 6.08. The maximum atomic E-state index is 10.1. The first-order valence-electron chi connectivity index (χ1n) is 7.60. The lowest BCUT2D eigenvalue weighted by molar-refractivity contribution is -0.0587. The molecule has 0 bridgehead atoms. The molecule has 19 heavy (non-hydrogen) atoms. The minimum Gasteiger partial charge on any atom is -0.389 e. The number of aliphatic hydroxyl groups is 1. The number of β-amino-alcohol motifs (C(OH)–C–C–N with tert-alkyl or cyclic N) is 1. The first kappa shape index (κ1) is 15.2. The lowest BCUT2D eigenvalue weighted by atomic mass is 9.92. The van der Waals surface area contributed by atoms with Gasteiger partial charge in [0.1, 0.15) is 0 Å². The van der Waals surface area contributed by atoms with E-state index in [1.807, 2.05) is 20.8 Å². The Labute approximate surface area is 117 Å². The number of hydrogen-bond donors (Lipinski definition) is 1. The molecule has 0 aliphatic carbocycles. The molecule has 1 N–H and O–H groups in total. The average molecular weight is 270 g/mol. The van der Waals surface area contributed by atoms with Gasteiger partial charge in [-0.1, -0.05) is 0 Å². The molecule has 112 valence electrons. The number of likely N-dealkylation sites (N-methyl/N-ethyl adjacent to an activating group) is 1. The fourth-order valence-electron chi connectivity index (χ4n) is 3.28. The van der Waals surface area contributed by atoms with E-state index in [4.69, 9.17) is 4.74 Å². The Balaban J connectivity index is 1.79. The van der Waals surface area contributed by atoms with Gasteiger partial charge in [0, 0.05) is 19.1 Å². The van der Waals surface area contributed by atoms with Crippen molar-refractivity contribution in [1.29, 1.82) is 0 Å². The van der Waals surface area contributed by atoms with E-state index in [0.29, 0.717) is 12.6 Å². The predicted molar refractivity (Wildman–Crippen MR) is 77.3 cm³/mol. The van der Waals surface area contributed by atoms with Crippen LogP contribution < -0.4 is 0 Å². The van der Waals surface area contributed by atoms with Gasteiger partial charge >= 0.3 is 0 Å². The molecule has 0 saturated carbocycles. The molecule has 3 atom stereocenters. The van der Waals surface area contributed by atoms with Crippen LogP contribution in [0.5, 0.6) is 0 Å². The van der Waals surface area contributed by atoms with Crippen molar-refractivity contribution in [3.05, 3.63) is 0 Å². The molecule has 0 aromatic rings. The van der Waals surface area contributed by atoms with Gasteiger partial charge < -0.3 is 14.7 Å². The Morgan fingerprint density at radius 2 is 1.95 bits per heavy atom. The first-order valence-corrected chi connectivity index (χ1v) is 7.60. The Kier molecular flexibility index (Phi) is 4.88. The lowest BCUT2D eigenvalue weighted by Crippen LogP contribution is -2.49. The van der Waals surface area contributed by atoms with Gasteiger partial charge in [-0.05, 0) is 59.7 Å². The van der Waals surface area contributed by atoms with E-state index in [-0.39, 0.29) is 11.7 Å². The number of aliphatic hydroxyl groups excluding tert-OH is 1. The Morgan fingerprint density at radius 3 is 2.63 bits per heavy atom. The predicted octanol–water partition coefficient (Wildman–Crippen LogP) is 1.19. The molecule has 0 aromatic carbocycles. The highest BCUT2D eigenvalue weighted by molar-refractivity contribution is 4.92. The molecule has 0 spiro atoms. The quantitative estimate of drug-likeness (QED) is 0.832. The van der Waals surface area contributed by atoms with E-state index in [1.165, 1.54) is 19.4 Å². The third-order valence-corrected chi connectivity index (χ3v) is 4.33. The first-order chi connectivity index (χ1) is 8.85. The van der Waals surface area contributed by atoms with Crippen molar-refractivity contribution in [3.8, 4) is 0 Å². The van der Waals surface area contributed by atoms with Crippen LogP contribution in [0.2, 0.25) is 0 Å². The summed E-state index contributed by atoms with van der Waals surface area (Å²) in [5.41, 5.74) is -0.167. The van der Waals surface area contributed by atoms with Gasteiger partial charge in [0.05, 0.1) is 18.3 Å². The van der Waals surface area contributed by atoms with Crippen LogP contribution in [0.1, 0.15) is 33.6 Å². The van der Waals surface area contributed by atoms with Crippen LogP contribution in [0.15, 0.2) is 0 Å². The van der Waals surface area contributed by atoms with E-state index in [1.54, 1.807) is 0 Å². The molecule has 4 nitrogen and oxygen atoms in total. The fourth-order valence-corrected chi connectivity index (χ4v) is 3.28. The van der Waals surface area contributed by atoms with Crippen molar-refractivity contribution in [3.63, 3.8) is 0 Å². The number of hydrogen-bond acceptors (Lipinski definition) is 4. The normalized spacial score (nSPS) is 31.4. The number of fused-ring (bicyclic) bond motifs is 1. The van der Waals surface area contributed by atoms with Gasteiger partial charge in [0.2, 0.25) is 0 Å². The highest BCUT2D eigenvalue weighted by Crippen LogP contribution is 2.31. The smallest absolute Gasteiger partial charge is 0.0900 e. The second-order valence-electron chi connectivity index (χ2n) is 7.24. The van der Waals surface area contributed by atoms with Crippen molar-refractivity contribution in [2.75, 3.05) is 39.8 Å². The van der Waals surface area contributed by atoms with Crippen LogP contribution >= 0.6 is 0 Å². The summed E-state index contributed by atoms with van der Waals surface area (Å²) in [6.45, 7) is 10.8. The SMILES string of the molecule is CN1CC[C@@H]2CCN(C[C@H](O)COC(C)(C)C)[C@@H]2C1. The summed E-state index contributed by atoms with van der Waals surface area (Å²) >= 11 is 0. The third kappa shape index (κ3) is 4.42. The van der Waals surface area contributed by atoms with Gasteiger partial charge in [0.15, 0.2) is 0 Å². The van der Waals surface area contributed by atoms with Crippen molar-refractivity contribution >= 4 is 0 Å². The summed E-state index contributed by atoms with van der Waals surface area (Å²) in [5, 5.41) is 10.1. The molecular weight excluding hydrogens is 240 g/mol. The summed E-state index contributed by atoms with van der Waals surface area (Å²) < 4.78 is 5.67. The molecule has 2 heterocycles. The molecule has 2 aliphatic rings. The zero-order chi connectivity index (χ0) is 14.0. The lowest BCUT2D eigenvalue weighted by Gasteiger charge is -2.37. The van der Waals surface area contributed by atoms with Crippen LogP contribution in [-0.4, -0.2) is 72.5 Å².